The van der Waals surface area contributed by atoms with Crippen LogP contribution in [0, 0.1) is 0 Å². The normalized spacial score (nSPS) is 15.7. The van der Waals surface area contributed by atoms with Crippen LogP contribution < -0.4 is 14.8 Å². The van der Waals surface area contributed by atoms with Crippen LogP contribution in [0.4, 0.5) is 0 Å². The third-order valence-corrected chi connectivity index (χ3v) is 4.19. The van der Waals surface area contributed by atoms with E-state index in [1.54, 1.807) is 0 Å². The second-order valence-electron chi connectivity index (χ2n) is 5.72. The van der Waals surface area contributed by atoms with Crippen LogP contribution in [0.25, 0.3) is 0 Å². The first-order chi connectivity index (χ1) is 11.1. The Hall–Kier alpha value is -1.75. The van der Waals surface area contributed by atoms with Crippen molar-refractivity contribution < 1.29 is 14.3 Å². The van der Waals surface area contributed by atoms with Gasteiger partial charge in [-0.25, -0.2) is 0 Å². The summed E-state index contributed by atoms with van der Waals surface area (Å²) in [7, 11) is 0. The van der Waals surface area contributed by atoms with Crippen molar-refractivity contribution in [3.05, 3.63) is 23.3 Å². The minimum absolute atomic E-state index is 0.0897. The summed E-state index contributed by atoms with van der Waals surface area (Å²) < 4.78 is 11.4. The summed E-state index contributed by atoms with van der Waals surface area (Å²) in [5.74, 6) is 1.70. The number of nitrogens with one attached hydrogen (secondary N) is 1. The molecule has 5 heteroatoms. The fourth-order valence-electron chi connectivity index (χ4n) is 2.94. The molecule has 0 aromatic heterocycles. The number of benzene rings is 1. The largest absolute Gasteiger partial charge is 0.490 e. The molecule has 1 amide bonds. The number of amides is 1. The lowest BCUT2D eigenvalue weighted by atomic mass is 9.97. The molecule has 1 N–H and O–H groups in total. The van der Waals surface area contributed by atoms with E-state index >= 15 is 0 Å². The van der Waals surface area contributed by atoms with E-state index in [2.05, 4.69) is 22.3 Å². The molecule has 1 heterocycles. The second-order valence-corrected chi connectivity index (χ2v) is 5.72. The molecular weight excluding hydrogens is 292 g/mol. The van der Waals surface area contributed by atoms with Crippen molar-refractivity contribution in [1.29, 1.82) is 0 Å². The van der Waals surface area contributed by atoms with Gasteiger partial charge >= 0.3 is 0 Å². The van der Waals surface area contributed by atoms with Gasteiger partial charge in [0.15, 0.2) is 11.5 Å². The third-order valence-electron chi connectivity index (χ3n) is 4.19. The number of carbonyl (C=O) groups excluding carboxylic acids is 1. The van der Waals surface area contributed by atoms with E-state index in [4.69, 9.17) is 9.47 Å². The summed E-state index contributed by atoms with van der Waals surface area (Å²) in [6.45, 7) is 11.4. The third kappa shape index (κ3) is 4.16. The molecule has 128 valence electrons. The zero-order chi connectivity index (χ0) is 16.8. The van der Waals surface area contributed by atoms with Gasteiger partial charge in [-0.1, -0.05) is 0 Å². The second kappa shape index (κ2) is 8.20. The van der Waals surface area contributed by atoms with E-state index in [1.165, 1.54) is 11.1 Å². The zero-order valence-corrected chi connectivity index (χ0v) is 14.6. The van der Waals surface area contributed by atoms with Gasteiger partial charge in [-0.3, -0.25) is 9.69 Å². The lowest BCUT2D eigenvalue weighted by Crippen LogP contribution is -2.46. The van der Waals surface area contributed by atoms with E-state index < -0.39 is 0 Å². The summed E-state index contributed by atoms with van der Waals surface area (Å²) in [6, 6.07) is 4.04. The van der Waals surface area contributed by atoms with Crippen molar-refractivity contribution in [1.82, 2.24) is 10.2 Å². The molecule has 0 fully saturated rings. The van der Waals surface area contributed by atoms with Gasteiger partial charge in [0.1, 0.15) is 0 Å². The van der Waals surface area contributed by atoms with Crippen LogP contribution in [0.5, 0.6) is 11.5 Å². The van der Waals surface area contributed by atoms with E-state index in [9.17, 15) is 4.79 Å². The average molecular weight is 320 g/mol. The van der Waals surface area contributed by atoms with Crippen LogP contribution >= 0.6 is 0 Å². The minimum Gasteiger partial charge on any atom is -0.490 e. The number of hydrogen-bond acceptors (Lipinski definition) is 4. The molecule has 0 unspecified atom stereocenters. The number of fused-ring (bicyclic) bond motifs is 1. The summed E-state index contributed by atoms with van der Waals surface area (Å²) in [4.78, 5) is 14.3. The van der Waals surface area contributed by atoms with Crippen LogP contribution in [0.15, 0.2) is 12.1 Å². The lowest BCUT2D eigenvalue weighted by Gasteiger charge is -2.33. The van der Waals surface area contributed by atoms with Gasteiger partial charge in [0.05, 0.1) is 19.3 Å². The Morgan fingerprint density at radius 3 is 2.35 bits per heavy atom. The maximum Gasteiger partial charge on any atom is 0.237 e. The highest BCUT2D eigenvalue weighted by molar-refractivity contribution is 5.81. The van der Waals surface area contributed by atoms with Crippen molar-refractivity contribution in [3.63, 3.8) is 0 Å². The van der Waals surface area contributed by atoms with Gasteiger partial charge in [-0.2, -0.15) is 0 Å². The quantitative estimate of drug-likeness (QED) is 0.838. The van der Waals surface area contributed by atoms with Crippen molar-refractivity contribution >= 4 is 5.91 Å². The van der Waals surface area contributed by atoms with E-state index in [0.29, 0.717) is 19.8 Å². The fraction of sp³-hybridized carbons (Fsp3) is 0.611. The van der Waals surface area contributed by atoms with Crippen molar-refractivity contribution in [3.8, 4) is 11.5 Å². The molecule has 1 atom stereocenters. The molecule has 0 saturated carbocycles. The van der Waals surface area contributed by atoms with Crippen LogP contribution in [0.3, 0.4) is 0 Å². The lowest BCUT2D eigenvalue weighted by molar-refractivity contribution is -0.126. The van der Waals surface area contributed by atoms with Gasteiger partial charge in [-0.15, -0.1) is 0 Å². The number of likely N-dealkylation sites (N-methyl/N-ethyl adjacent to an activating group) is 1. The highest BCUT2D eigenvalue weighted by Crippen LogP contribution is 2.34. The van der Waals surface area contributed by atoms with Gasteiger partial charge < -0.3 is 14.8 Å². The molecular formula is C18H28N2O3. The summed E-state index contributed by atoms with van der Waals surface area (Å²) >= 11 is 0. The average Bonchev–Trinajstić information content (AvgIpc) is 2.55. The molecule has 1 aromatic carbocycles. The number of ether oxygens (including phenoxy) is 2. The van der Waals surface area contributed by atoms with E-state index in [1.807, 2.05) is 27.7 Å². The number of nitrogens with zero attached hydrogens (tertiary/aromatic N) is 1. The van der Waals surface area contributed by atoms with Gasteiger partial charge in [0, 0.05) is 19.6 Å². The highest BCUT2D eigenvalue weighted by atomic mass is 16.5. The molecule has 5 nitrogen and oxygen atoms in total. The van der Waals surface area contributed by atoms with Crippen molar-refractivity contribution in [2.45, 2.75) is 46.7 Å². The van der Waals surface area contributed by atoms with Crippen LogP contribution in [-0.4, -0.2) is 43.2 Å². The maximum atomic E-state index is 12.1. The first-order valence-corrected chi connectivity index (χ1v) is 8.53. The Balaban J connectivity index is 2.19. The first kappa shape index (κ1) is 17.6. The Morgan fingerprint density at radius 2 is 1.78 bits per heavy atom. The molecule has 0 saturated heterocycles. The summed E-state index contributed by atoms with van der Waals surface area (Å²) in [5.41, 5.74) is 2.51. The van der Waals surface area contributed by atoms with Crippen LogP contribution in [0.2, 0.25) is 0 Å². The SMILES string of the molecule is CCNC(=O)[C@@H](C)N1CCc2cc(OCC)c(OCC)cc2C1. The van der Waals surface area contributed by atoms with Gasteiger partial charge in [0.2, 0.25) is 5.91 Å². The number of rotatable bonds is 7. The zero-order valence-electron chi connectivity index (χ0n) is 14.6. The molecule has 0 radical (unpaired) electrons. The van der Waals surface area contributed by atoms with Crippen LogP contribution in [-0.2, 0) is 17.8 Å². The smallest absolute Gasteiger partial charge is 0.237 e. The standard InChI is InChI=1S/C18H28N2O3/c1-5-19-18(21)13(4)20-9-8-14-10-16(22-6-2)17(23-7-3)11-15(14)12-20/h10-11,13H,5-9,12H2,1-4H3,(H,19,21)/t13-/m1/s1. The molecule has 2 rings (SSSR count). The van der Waals surface area contributed by atoms with Crippen molar-refractivity contribution in [2.75, 3.05) is 26.3 Å². The first-order valence-electron chi connectivity index (χ1n) is 8.53. The monoisotopic (exact) mass is 320 g/mol. The predicted molar refractivity (Wildman–Crippen MR) is 91.0 cm³/mol. The molecule has 23 heavy (non-hydrogen) atoms. The van der Waals surface area contributed by atoms with E-state index in [-0.39, 0.29) is 11.9 Å². The van der Waals surface area contributed by atoms with E-state index in [0.717, 1.165) is 31.0 Å². The molecule has 0 bridgehead atoms. The Morgan fingerprint density at radius 1 is 1.17 bits per heavy atom. The summed E-state index contributed by atoms with van der Waals surface area (Å²) in [5, 5.41) is 2.90. The molecule has 0 aliphatic carbocycles. The predicted octanol–water partition coefficient (Wildman–Crippen LogP) is 2.37. The summed E-state index contributed by atoms with van der Waals surface area (Å²) in [6.07, 6.45) is 0.922. The molecule has 1 aliphatic rings. The molecule has 0 spiro atoms. The molecule has 1 aromatic rings. The van der Waals surface area contributed by atoms with Crippen molar-refractivity contribution in [2.24, 2.45) is 0 Å². The topological polar surface area (TPSA) is 50.8 Å². The Kier molecular flexibility index (Phi) is 6.28. The molecule has 1 aliphatic heterocycles. The Labute approximate surface area is 139 Å². The van der Waals surface area contributed by atoms with Gasteiger partial charge in [0.25, 0.3) is 0 Å². The Bertz CT molecular complexity index is 545. The maximum absolute atomic E-state index is 12.1. The minimum atomic E-state index is -0.120. The fourth-order valence-corrected chi connectivity index (χ4v) is 2.94. The number of hydrogen-bond donors (Lipinski definition) is 1. The van der Waals surface area contributed by atoms with Gasteiger partial charge in [-0.05, 0) is 57.4 Å². The number of carbonyl (C=O) groups is 1. The highest BCUT2D eigenvalue weighted by Gasteiger charge is 2.26. The van der Waals surface area contributed by atoms with Crippen LogP contribution in [0.1, 0.15) is 38.8 Å².